The highest BCUT2D eigenvalue weighted by atomic mass is 19.1. The molecule has 0 saturated heterocycles. The highest BCUT2D eigenvalue weighted by molar-refractivity contribution is 5.51. The van der Waals surface area contributed by atoms with Gasteiger partial charge in [-0.05, 0) is 30.3 Å². The molecular formula is C15H13FN2O3. The molecule has 1 heterocycles. The van der Waals surface area contributed by atoms with Gasteiger partial charge in [-0.15, -0.1) is 0 Å². The number of nitrogens with zero attached hydrogens (tertiary/aromatic N) is 1. The molecule has 108 valence electrons. The van der Waals surface area contributed by atoms with Gasteiger partial charge in [-0.3, -0.25) is 10.1 Å². The van der Waals surface area contributed by atoms with Crippen molar-refractivity contribution in [3.63, 3.8) is 0 Å². The maximum absolute atomic E-state index is 13.4. The minimum Gasteiger partial charge on any atom is -0.493 e. The topological polar surface area (TPSA) is 64.4 Å². The first-order valence-electron chi connectivity index (χ1n) is 6.57. The molecule has 0 aliphatic carbocycles. The second kappa shape index (κ2) is 5.40. The minimum absolute atomic E-state index is 0.0407. The monoisotopic (exact) mass is 288 g/mol. The van der Waals surface area contributed by atoms with E-state index in [0.717, 1.165) is 11.3 Å². The van der Waals surface area contributed by atoms with Crippen molar-refractivity contribution in [2.75, 3.05) is 11.9 Å². The SMILES string of the molecule is O=[N+]([O-])c1ccc(NC2CCOc3ccc(F)cc32)cc1. The lowest BCUT2D eigenvalue weighted by atomic mass is 10.00. The zero-order chi connectivity index (χ0) is 14.8. The molecule has 1 aliphatic heterocycles. The first kappa shape index (κ1) is 13.4. The average molecular weight is 288 g/mol. The standard InChI is InChI=1S/C15H13FN2O3/c16-10-1-6-15-13(9-10)14(7-8-21-15)17-11-2-4-12(5-3-11)18(19)20/h1-6,9,14,17H,7-8H2. The summed E-state index contributed by atoms with van der Waals surface area (Å²) >= 11 is 0. The normalized spacial score (nSPS) is 16.7. The molecule has 1 unspecified atom stereocenters. The minimum atomic E-state index is -0.442. The quantitative estimate of drug-likeness (QED) is 0.691. The molecule has 0 bridgehead atoms. The molecule has 5 nitrogen and oxygen atoms in total. The Hall–Kier alpha value is -2.63. The Morgan fingerprint density at radius 3 is 2.71 bits per heavy atom. The molecule has 0 amide bonds. The highest BCUT2D eigenvalue weighted by Gasteiger charge is 2.22. The highest BCUT2D eigenvalue weighted by Crippen LogP contribution is 2.35. The van der Waals surface area contributed by atoms with E-state index < -0.39 is 4.92 Å². The number of anilines is 1. The first-order valence-corrected chi connectivity index (χ1v) is 6.57. The van der Waals surface area contributed by atoms with Crippen molar-refractivity contribution in [3.8, 4) is 5.75 Å². The van der Waals surface area contributed by atoms with Gasteiger partial charge in [0.25, 0.3) is 5.69 Å². The smallest absolute Gasteiger partial charge is 0.269 e. The number of halogens is 1. The Bertz CT molecular complexity index is 673. The molecule has 21 heavy (non-hydrogen) atoms. The van der Waals surface area contributed by atoms with Gasteiger partial charge in [0.15, 0.2) is 0 Å². The zero-order valence-electron chi connectivity index (χ0n) is 11.1. The van der Waals surface area contributed by atoms with Gasteiger partial charge in [0.2, 0.25) is 0 Å². The molecule has 0 aromatic heterocycles. The number of fused-ring (bicyclic) bond motifs is 1. The van der Waals surface area contributed by atoms with Crippen molar-refractivity contribution in [2.24, 2.45) is 0 Å². The summed E-state index contributed by atoms with van der Waals surface area (Å²) in [6.07, 6.45) is 0.702. The molecule has 6 heteroatoms. The van der Waals surface area contributed by atoms with Crippen molar-refractivity contribution in [3.05, 3.63) is 64.0 Å². The van der Waals surface area contributed by atoms with Crippen LogP contribution in [-0.4, -0.2) is 11.5 Å². The molecule has 2 aromatic carbocycles. The van der Waals surface area contributed by atoms with Gasteiger partial charge in [0.1, 0.15) is 11.6 Å². The molecule has 1 aliphatic rings. The number of ether oxygens (including phenoxy) is 1. The average Bonchev–Trinajstić information content (AvgIpc) is 2.48. The zero-order valence-corrected chi connectivity index (χ0v) is 11.1. The van der Waals surface area contributed by atoms with Crippen LogP contribution in [0.2, 0.25) is 0 Å². The van der Waals surface area contributed by atoms with Gasteiger partial charge in [0, 0.05) is 29.8 Å². The van der Waals surface area contributed by atoms with Crippen LogP contribution in [0.4, 0.5) is 15.8 Å². The summed E-state index contributed by atoms with van der Waals surface area (Å²) in [7, 11) is 0. The van der Waals surface area contributed by atoms with Crippen LogP contribution < -0.4 is 10.1 Å². The van der Waals surface area contributed by atoms with E-state index in [1.807, 2.05) is 0 Å². The van der Waals surface area contributed by atoms with Gasteiger partial charge in [-0.2, -0.15) is 0 Å². The molecular weight excluding hydrogens is 275 g/mol. The summed E-state index contributed by atoms with van der Waals surface area (Å²) in [5.41, 5.74) is 1.56. The fourth-order valence-electron chi connectivity index (χ4n) is 2.40. The largest absolute Gasteiger partial charge is 0.493 e. The van der Waals surface area contributed by atoms with Crippen molar-refractivity contribution >= 4 is 11.4 Å². The number of nitrogens with one attached hydrogen (secondary N) is 1. The van der Waals surface area contributed by atoms with Crippen LogP contribution in [-0.2, 0) is 0 Å². The van der Waals surface area contributed by atoms with Crippen LogP contribution in [0.1, 0.15) is 18.0 Å². The van der Waals surface area contributed by atoms with Crippen LogP contribution in [0.5, 0.6) is 5.75 Å². The van der Waals surface area contributed by atoms with Crippen LogP contribution in [0.3, 0.4) is 0 Å². The van der Waals surface area contributed by atoms with E-state index >= 15 is 0 Å². The Morgan fingerprint density at radius 2 is 2.00 bits per heavy atom. The van der Waals surface area contributed by atoms with Crippen molar-refractivity contribution in [2.45, 2.75) is 12.5 Å². The second-order valence-corrected chi connectivity index (χ2v) is 4.82. The van der Waals surface area contributed by atoms with E-state index in [-0.39, 0.29) is 17.5 Å². The van der Waals surface area contributed by atoms with E-state index in [0.29, 0.717) is 18.8 Å². The van der Waals surface area contributed by atoms with Crippen LogP contribution in [0, 0.1) is 15.9 Å². The van der Waals surface area contributed by atoms with Gasteiger partial charge < -0.3 is 10.1 Å². The van der Waals surface area contributed by atoms with Gasteiger partial charge in [-0.1, -0.05) is 0 Å². The summed E-state index contributed by atoms with van der Waals surface area (Å²) in [5, 5.41) is 13.9. The fourth-order valence-corrected chi connectivity index (χ4v) is 2.40. The van der Waals surface area contributed by atoms with Gasteiger partial charge in [-0.25, -0.2) is 4.39 Å². The van der Waals surface area contributed by atoms with Gasteiger partial charge >= 0.3 is 0 Å². The Kier molecular flexibility index (Phi) is 3.43. The lowest BCUT2D eigenvalue weighted by Gasteiger charge is -2.27. The molecule has 0 fully saturated rings. The van der Waals surface area contributed by atoms with Crippen molar-refractivity contribution in [1.82, 2.24) is 0 Å². The molecule has 1 N–H and O–H groups in total. The molecule has 3 rings (SSSR count). The molecule has 0 spiro atoms. The van der Waals surface area contributed by atoms with E-state index in [9.17, 15) is 14.5 Å². The number of benzene rings is 2. The molecule has 1 atom stereocenters. The Morgan fingerprint density at radius 1 is 1.24 bits per heavy atom. The first-order chi connectivity index (χ1) is 10.1. The molecule has 2 aromatic rings. The van der Waals surface area contributed by atoms with Crippen LogP contribution in [0.25, 0.3) is 0 Å². The third kappa shape index (κ3) is 2.79. The van der Waals surface area contributed by atoms with Crippen LogP contribution in [0.15, 0.2) is 42.5 Å². The maximum atomic E-state index is 13.4. The summed E-state index contributed by atoms with van der Waals surface area (Å²) in [6.45, 7) is 0.545. The van der Waals surface area contributed by atoms with Crippen molar-refractivity contribution < 1.29 is 14.1 Å². The lowest BCUT2D eigenvalue weighted by Crippen LogP contribution is -2.20. The molecule has 0 radical (unpaired) electrons. The summed E-state index contributed by atoms with van der Waals surface area (Å²) in [6, 6.07) is 10.5. The predicted molar refractivity (Wildman–Crippen MR) is 76.0 cm³/mol. The Labute approximate surface area is 120 Å². The van der Waals surface area contributed by atoms with E-state index in [1.165, 1.54) is 24.3 Å². The third-order valence-corrected chi connectivity index (χ3v) is 3.43. The second-order valence-electron chi connectivity index (χ2n) is 4.82. The third-order valence-electron chi connectivity index (χ3n) is 3.43. The lowest BCUT2D eigenvalue weighted by molar-refractivity contribution is -0.384. The number of hydrogen-bond donors (Lipinski definition) is 1. The van der Waals surface area contributed by atoms with E-state index in [1.54, 1.807) is 18.2 Å². The number of non-ortho nitro benzene ring substituents is 1. The number of rotatable bonds is 3. The maximum Gasteiger partial charge on any atom is 0.269 e. The summed E-state index contributed by atoms with van der Waals surface area (Å²) in [4.78, 5) is 10.2. The van der Waals surface area contributed by atoms with E-state index in [4.69, 9.17) is 4.74 Å². The predicted octanol–water partition coefficient (Wildman–Crippen LogP) is 3.67. The molecule has 0 saturated carbocycles. The summed E-state index contributed by atoms with van der Waals surface area (Å²) in [5.74, 6) is 0.358. The number of hydrogen-bond acceptors (Lipinski definition) is 4. The number of nitro groups is 1. The van der Waals surface area contributed by atoms with Crippen LogP contribution >= 0.6 is 0 Å². The fraction of sp³-hybridized carbons (Fsp3) is 0.200. The van der Waals surface area contributed by atoms with Gasteiger partial charge in [0.05, 0.1) is 17.6 Å². The Balaban J connectivity index is 1.83. The summed E-state index contributed by atoms with van der Waals surface area (Å²) < 4.78 is 18.9. The van der Waals surface area contributed by atoms with E-state index in [2.05, 4.69) is 5.32 Å². The number of nitro benzene ring substituents is 1. The van der Waals surface area contributed by atoms with Crippen molar-refractivity contribution in [1.29, 1.82) is 0 Å².